The van der Waals surface area contributed by atoms with Gasteiger partial charge in [-0.2, -0.15) is 5.26 Å². The van der Waals surface area contributed by atoms with Crippen LogP contribution in [0.1, 0.15) is 17.0 Å². The summed E-state index contributed by atoms with van der Waals surface area (Å²) in [5.74, 6) is -0.351. The number of hydrogen-bond acceptors (Lipinski definition) is 3. The highest BCUT2D eigenvalue weighted by Gasteiger charge is 2.51. The van der Waals surface area contributed by atoms with Crippen LogP contribution in [0.2, 0.25) is 0 Å². The lowest BCUT2D eigenvalue weighted by Gasteiger charge is -2.52. The lowest BCUT2D eigenvalue weighted by Crippen LogP contribution is -2.65. The predicted octanol–water partition coefficient (Wildman–Crippen LogP) is 3.78. The maximum Gasteiger partial charge on any atom is 0.228 e. The zero-order valence-electron chi connectivity index (χ0n) is 16.0. The van der Waals surface area contributed by atoms with Gasteiger partial charge in [0.2, 0.25) is 5.91 Å². The molecule has 0 unspecified atom stereocenters. The zero-order chi connectivity index (χ0) is 20.2. The van der Waals surface area contributed by atoms with E-state index in [2.05, 4.69) is 6.07 Å². The Bertz CT molecular complexity index is 1030. The SMILES string of the molecule is N#C[C@H]1[C@@H](c2ccccc2-c2ccccc2)[C@@H](CO)N1C(=O)Cc1ccccc1. The van der Waals surface area contributed by atoms with Gasteiger partial charge in [0, 0.05) is 5.92 Å². The summed E-state index contributed by atoms with van der Waals surface area (Å²) in [7, 11) is 0. The van der Waals surface area contributed by atoms with Gasteiger partial charge in [0.15, 0.2) is 0 Å². The van der Waals surface area contributed by atoms with E-state index in [-0.39, 0.29) is 24.9 Å². The summed E-state index contributed by atoms with van der Waals surface area (Å²) in [4.78, 5) is 14.5. The second kappa shape index (κ2) is 8.30. The van der Waals surface area contributed by atoms with Crippen LogP contribution in [0.5, 0.6) is 0 Å². The molecule has 0 bridgehead atoms. The minimum atomic E-state index is -0.590. The number of rotatable bonds is 5. The molecule has 3 atom stereocenters. The first-order chi connectivity index (χ1) is 14.2. The van der Waals surface area contributed by atoms with Crippen molar-refractivity contribution in [2.24, 2.45) is 0 Å². The van der Waals surface area contributed by atoms with Crippen molar-refractivity contribution in [3.63, 3.8) is 0 Å². The topological polar surface area (TPSA) is 64.3 Å². The smallest absolute Gasteiger partial charge is 0.228 e. The molecule has 1 N–H and O–H groups in total. The molecule has 4 nitrogen and oxygen atoms in total. The van der Waals surface area contributed by atoms with E-state index in [1.165, 1.54) is 0 Å². The molecule has 29 heavy (non-hydrogen) atoms. The number of aliphatic hydroxyl groups is 1. The van der Waals surface area contributed by atoms with Gasteiger partial charge >= 0.3 is 0 Å². The van der Waals surface area contributed by atoms with Crippen molar-refractivity contribution in [3.8, 4) is 17.2 Å². The third kappa shape index (κ3) is 3.53. The lowest BCUT2D eigenvalue weighted by atomic mass is 9.73. The third-order valence-electron chi connectivity index (χ3n) is 5.62. The van der Waals surface area contributed by atoms with E-state index in [1.54, 1.807) is 4.90 Å². The van der Waals surface area contributed by atoms with E-state index in [1.807, 2.05) is 84.9 Å². The summed E-state index contributed by atoms with van der Waals surface area (Å²) in [6.45, 7) is -0.174. The Morgan fingerprint density at radius 2 is 1.55 bits per heavy atom. The molecule has 3 aromatic carbocycles. The monoisotopic (exact) mass is 382 g/mol. The number of benzene rings is 3. The maximum atomic E-state index is 12.9. The van der Waals surface area contributed by atoms with Gasteiger partial charge in [-0.1, -0.05) is 84.9 Å². The van der Waals surface area contributed by atoms with Crippen molar-refractivity contribution < 1.29 is 9.90 Å². The van der Waals surface area contributed by atoms with Crippen LogP contribution in [0.25, 0.3) is 11.1 Å². The van der Waals surface area contributed by atoms with E-state index in [9.17, 15) is 15.2 Å². The van der Waals surface area contributed by atoms with Crippen LogP contribution in [0.15, 0.2) is 84.9 Å². The molecule has 4 rings (SSSR count). The summed E-state index contributed by atoms with van der Waals surface area (Å²) in [5.41, 5.74) is 3.99. The van der Waals surface area contributed by atoms with Gasteiger partial charge in [-0.3, -0.25) is 4.79 Å². The molecular weight excluding hydrogens is 360 g/mol. The minimum Gasteiger partial charge on any atom is -0.394 e. The second-order valence-electron chi connectivity index (χ2n) is 7.27. The molecule has 144 valence electrons. The Balaban J connectivity index is 1.65. The molecule has 0 aliphatic carbocycles. The first kappa shape index (κ1) is 18.9. The highest BCUT2D eigenvalue weighted by molar-refractivity contribution is 5.82. The number of likely N-dealkylation sites (tertiary alicyclic amines) is 1. The van der Waals surface area contributed by atoms with Crippen LogP contribution >= 0.6 is 0 Å². The molecule has 0 spiro atoms. The van der Waals surface area contributed by atoms with Gasteiger partial charge in [-0.15, -0.1) is 0 Å². The minimum absolute atomic E-state index is 0.129. The van der Waals surface area contributed by atoms with E-state index < -0.39 is 12.1 Å². The van der Waals surface area contributed by atoms with Crippen molar-refractivity contribution in [1.82, 2.24) is 4.90 Å². The first-order valence-electron chi connectivity index (χ1n) is 9.74. The summed E-state index contributed by atoms with van der Waals surface area (Å²) in [6, 6.07) is 28.7. The number of carbonyl (C=O) groups is 1. The fourth-order valence-electron chi connectivity index (χ4n) is 4.25. The lowest BCUT2D eigenvalue weighted by molar-refractivity contribution is -0.146. The fourth-order valence-corrected chi connectivity index (χ4v) is 4.25. The fraction of sp³-hybridized carbons (Fsp3) is 0.200. The Labute approximate surface area is 170 Å². The average Bonchev–Trinajstić information content (AvgIpc) is 2.75. The summed E-state index contributed by atoms with van der Waals surface area (Å²) < 4.78 is 0. The van der Waals surface area contributed by atoms with Crippen LogP contribution in [0, 0.1) is 11.3 Å². The van der Waals surface area contributed by atoms with Gasteiger partial charge < -0.3 is 10.0 Å². The summed E-state index contributed by atoms with van der Waals surface area (Å²) in [5, 5.41) is 19.9. The zero-order valence-corrected chi connectivity index (χ0v) is 16.0. The van der Waals surface area contributed by atoms with Gasteiger partial charge in [-0.05, 0) is 22.3 Å². The van der Waals surface area contributed by atoms with Crippen molar-refractivity contribution >= 4 is 5.91 Å². The molecule has 1 heterocycles. The molecule has 0 saturated carbocycles. The predicted molar refractivity (Wildman–Crippen MR) is 112 cm³/mol. The molecule has 0 radical (unpaired) electrons. The van der Waals surface area contributed by atoms with Crippen LogP contribution < -0.4 is 0 Å². The molecular formula is C25H22N2O2. The molecule has 1 aliphatic heterocycles. The number of carbonyl (C=O) groups excluding carboxylic acids is 1. The normalized spacial score (nSPS) is 20.6. The van der Waals surface area contributed by atoms with Crippen LogP contribution in [0.4, 0.5) is 0 Å². The third-order valence-corrected chi connectivity index (χ3v) is 5.62. The van der Waals surface area contributed by atoms with Gasteiger partial charge in [0.1, 0.15) is 6.04 Å². The second-order valence-corrected chi connectivity index (χ2v) is 7.27. The Morgan fingerprint density at radius 3 is 2.21 bits per heavy atom. The van der Waals surface area contributed by atoms with E-state index in [0.717, 1.165) is 22.3 Å². The van der Waals surface area contributed by atoms with Crippen molar-refractivity contribution in [1.29, 1.82) is 5.26 Å². The Hall–Kier alpha value is -3.42. The number of nitrogens with zero attached hydrogens (tertiary/aromatic N) is 2. The number of aliphatic hydroxyl groups excluding tert-OH is 1. The molecule has 1 fully saturated rings. The highest BCUT2D eigenvalue weighted by Crippen LogP contribution is 2.44. The molecule has 0 aromatic heterocycles. The van der Waals surface area contributed by atoms with Crippen molar-refractivity contribution in [2.75, 3.05) is 6.61 Å². The van der Waals surface area contributed by atoms with Crippen molar-refractivity contribution in [3.05, 3.63) is 96.1 Å². The first-order valence-corrected chi connectivity index (χ1v) is 9.74. The Kier molecular flexibility index (Phi) is 5.41. The summed E-state index contributed by atoms with van der Waals surface area (Å²) >= 11 is 0. The van der Waals surface area contributed by atoms with Gasteiger partial charge in [0.25, 0.3) is 0 Å². The van der Waals surface area contributed by atoms with Crippen molar-refractivity contribution in [2.45, 2.75) is 24.4 Å². The largest absolute Gasteiger partial charge is 0.394 e. The van der Waals surface area contributed by atoms with E-state index in [0.29, 0.717) is 0 Å². The average molecular weight is 382 g/mol. The Morgan fingerprint density at radius 1 is 0.931 bits per heavy atom. The molecule has 1 amide bonds. The molecule has 3 aromatic rings. The van der Waals surface area contributed by atoms with E-state index in [4.69, 9.17) is 0 Å². The number of hydrogen-bond donors (Lipinski definition) is 1. The molecule has 1 aliphatic rings. The number of amides is 1. The van der Waals surface area contributed by atoms with E-state index >= 15 is 0 Å². The highest BCUT2D eigenvalue weighted by atomic mass is 16.3. The maximum absolute atomic E-state index is 12.9. The molecule has 4 heteroatoms. The van der Waals surface area contributed by atoms with Gasteiger partial charge in [-0.25, -0.2) is 0 Å². The van der Waals surface area contributed by atoms with Crippen LogP contribution in [-0.2, 0) is 11.2 Å². The number of nitriles is 1. The van der Waals surface area contributed by atoms with Crippen LogP contribution in [0.3, 0.4) is 0 Å². The summed E-state index contributed by atoms with van der Waals surface area (Å²) in [6.07, 6.45) is 0.225. The van der Waals surface area contributed by atoms with Crippen LogP contribution in [-0.4, -0.2) is 34.6 Å². The van der Waals surface area contributed by atoms with Gasteiger partial charge in [0.05, 0.1) is 25.1 Å². The standard InChI is InChI=1S/C25H22N2O2/c26-16-22-25(21-14-8-7-13-20(21)19-11-5-2-6-12-19)23(17-28)27(22)24(29)15-18-9-3-1-4-10-18/h1-14,22-23,25,28H,15,17H2/t22-,23+,25+/m0/s1. The molecule has 1 saturated heterocycles. The quantitative estimate of drug-likeness (QED) is 0.730.